The molecule has 88 valence electrons. The summed E-state index contributed by atoms with van der Waals surface area (Å²) in [5.41, 5.74) is 0. The van der Waals surface area contributed by atoms with Crippen molar-refractivity contribution in [2.24, 2.45) is 11.8 Å². The first kappa shape index (κ1) is 13.0. The smallest absolute Gasteiger partial charge is 0.225 e. The number of hydrogen-bond donors (Lipinski definition) is 0. The molecule has 3 heteroatoms. The zero-order chi connectivity index (χ0) is 11.3. The Balaban J connectivity index is 2.51. The van der Waals surface area contributed by atoms with E-state index in [1.165, 1.54) is 12.8 Å². The number of hydrogen-bond acceptors (Lipinski definition) is 1. The lowest BCUT2D eigenvalue weighted by atomic mass is 9.96. The van der Waals surface area contributed by atoms with E-state index in [2.05, 4.69) is 34.7 Å². The third-order valence-electron chi connectivity index (χ3n) is 3.38. The van der Waals surface area contributed by atoms with Crippen LogP contribution in [0.5, 0.6) is 0 Å². The Bertz CT molecular complexity index is 204. The number of piperidine rings is 1. The lowest BCUT2D eigenvalue weighted by molar-refractivity contribution is -0.137. The maximum Gasteiger partial charge on any atom is 0.225 e. The highest BCUT2D eigenvalue weighted by molar-refractivity contribution is 9.09. The molecule has 0 saturated carbocycles. The average Bonchev–Trinajstić information content (AvgIpc) is 2.30. The van der Waals surface area contributed by atoms with Crippen molar-refractivity contribution < 1.29 is 4.79 Å². The van der Waals surface area contributed by atoms with E-state index < -0.39 is 0 Å². The van der Waals surface area contributed by atoms with Gasteiger partial charge in [0.15, 0.2) is 0 Å². The first-order chi connectivity index (χ1) is 7.22. The number of rotatable bonds is 4. The molecule has 0 bridgehead atoms. The molecule has 0 N–H and O–H groups in total. The standard InChI is InChI=1S/C12H22BrNO/c1-3-11(4-2)12(15)14-7-5-6-10(8-13)9-14/h10-11H,3-9H2,1-2H3. The normalized spacial score (nSPS) is 22.1. The van der Waals surface area contributed by atoms with Crippen LogP contribution >= 0.6 is 15.9 Å². The van der Waals surface area contributed by atoms with Gasteiger partial charge >= 0.3 is 0 Å². The zero-order valence-corrected chi connectivity index (χ0v) is 11.4. The minimum Gasteiger partial charge on any atom is -0.342 e. The van der Waals surface area contributed by atoms with Gasteiger partial charge in [-0.25, -0.2) is 0 Å². The van der Waals surface area contributed by atoms with Crippen molar-refractivity contribution in [3.05, 3.63) is 0 Å². The summed E-state index contributed by atoms with van der Waals surface area (Å²) in [7, 11) is 0. The van der Waals surface area contributed by atoms with E-state index in [4.69, 9.17) is 0 Å². The first-order valence-corrected chi connectivity index (χ1v) is 7.19. The summed E-state index contributed by atoms with van der Waals surface area (Å²) in [6.07, 6.45) is 4.38. The van der Waals surface area contributed by atoms with Gasteiger partial charge in [0.05, 0.1) is 0 Å². The summed E-state index contributed by atoms with van der Waals surface area (Å²) >= 11 is 3.52. The van der Waals surface area contributed by atoms with Crippen molar-refractivity contribution in [1.29, 1.82) is 0 Å². The lowest BCUT2D eigenvalue weighted by Gasteiger charge is -2.34. The molecule has 1 saturated heterocycles. The number of halogens is 1. The molecule has 1 aliphatic heterocycles. The minimum atomic E-state index is 0.249. The molecule has 0 aromatic heterocycles. The van der Waals surface area contributed by atoms with Crippen LogP contribution in [-0.2, 0) is 4.79 Å². The largest absolute Gasteiger partial charge is 0.342 e. The van der Waals surface area contributed by atoms with E-state index in [1.54, 1.807) is 0 Å². The fourth-order valence-corrected chi connectivity index (χ4v) is 2.82. The van der Waals surface area contributed by atoms with Crippen molar-refractivity contribution >= 4 is 21.8 Å². The van der Waals surface area contributed by atoms with Crippen molar-refractivity contribution in [2.45, 2.75) is 39.5 Å². The fraction of sp³-hybridized carbons (Fsp3) is 0.917. The Morgan fingerprint density at radius 2 is 2.13 bits per heavy atom. The second kappa shape index (κ2) is 6.51. The average molecular weight is 276 g/mol. The van der Waals surface area contributed by atoms with Crippen molar-refractivity contribution in [3.8, 4) is 0 Å². The van der Waals surface area contributed by atoms with Gasteiger partial charge in [-0.3, -0.25) is 4.79 Å². The molecule has 15 heavy (non-hydrogen) atoms. The summed E-state index contributed by atoms with van der Waals surface area (Å²) in [4.78, 5) is 14.2. The monoisotopic (exact) mass is 275 g/mol. The van der Waals surface area contributed by atoms with Crippen LogP contribution in [0.25, 0.3) is 0 Å². The Kier molecular flexibility index (Phi) is 5.65. The van der Waals surface area contributed by atoms with Gasteiger partial charge in [-0.1, -0.05) is 29.8 Å². The molecular weight excluding hydrogens is 254 g/mol. The van der Waals surface area contributed by atoms with E-state index in [9.17, 15) is 4.79 Å². The van der Waals surface area contributed by atoms with E-state index in [1.807, 2.05) is 0 Å². The molecule has 1 amide bonds. The maximum atomic E-state index is 12.1. The highest BCUT2D eigenvalue weighted by Crippen LogP contribution is 2.21. The Labute approximate surface area is 102 Å². The van der Waals surface area contributed by atoms with Gasteiger partial charge in [0.25, 0.3) is 0 Å². The van der Waals surface area contributed by atoms with E-state index >= 15 is 0 Å². The number of nitrogens with zero attached hydrogens (tertiary/aromatic N) is 1. The van der Waals surface area contributed by atoms with Crippen LogP contribution in [0.3, 0.4) is 0 Å². The predicted octanol–water partition coefficient (Wildman–Crippen LogP) is 3.06. The minimum absolute atomic E-state index is 0.249. The summed E-state index contributed by atoms with van der Waals surface area (Å²) in [5, 5.41) is 1.03. The van der Waals surface area contributed by atoms with Gasteiger partial charge in [-0.2, -0.15) is 0 Å². The fourth-order valence-electron chi connectivity index (χ4n) is 2.29. The third kappa shape index (κ3) is 3.47. The molecule has 0 radical (unpaired) electrons. The van der Waals surface area contributed by atoms with Crippen LogP contribution in [0.15, 0.2) is 0 Å². The second-order valence-electron chi connectivity index (χ2n) is 4.46. The molecule has 1 heterocycles. The maximum absolute atomic E-state index is 12.1. The number of likely N-dealkylation sites (tertiary alicyclic amines) is 1. The van der Waals surface area contributed by atoms with Gasteiger partial charge in [-0.15, -0.1) is 0 Å². The first-order valence-electron chi connectivity index (χ1n) is 6.07. The third-order valence-corrected chi connectivity index (χ3v) is 4.30. The molecule has 1 aliphatic rings. The molecular formula is C12H22BrNO. The number of carbonyl (C=O) groups excluding carboxylic acids is 1. The topological polar surface area (TPSA) is 20.3 Å². The highest BCUT2D eigenvalue weighted by Gasteiger charge is 2.26. The SMILES string of the molecule is CCC(CC)C(=O)N1CCCC(CBr)C1. The van der Waals surface area contributed by atoms with Gasteiger partial charge in [0, 0.05) is 24.3 Å². The number of carbonyl (C=O) groups is 1. The predicted molar refractivity (Wildman–Crippen MR) is 67.2 cm³/mol. The van der Waals surface area contributed by atoms with Crippen LogP contribution in [0.4, 0.5) is 0 Å². The number of alkyl halides is 1. The molecule has 1 unspecified atom stereocenters. The van der Waals surface area contributed by atoms with Crippen molar-refractivity contribution in [2.75, 3.05) is 18.4 Å². The Morgan fingerprint density at radius 3 is 2.67 bits per heavy atom. The van der Waals surface area contributed by atoms with Crippen LogP contribution in [-0.4, -0.2) is 29.2 Å². The lowest BCUT2D eigenvalue weighted by Crippen LogP contribution is -2.43. The van der Waals surface area contributed by atoms with Gasteiger partial charge in [0.2, 0.25) is 5.91 Å². The van der Waals surface area contributed by atoms with Crippen LogP contribution in [0.2, 0.25) is 0 Å². The van der Waals surface area contributed by atoms with Gasteiger partial charge in [-0.05, 0) is 31.6 Å². The summed E-state index contributed by atoms with van der Waals surface area (Å²) < 4.78 is 0. The van der Waals surface area contributed by atoms with Crippen LogP contribution < -0.4 is 0 Å². The Hall–Kier alpha value is -0.0500. The van der Waals surface area contributed by atoms with Crippen molar-refractivity contribution in [3.63, 3.8) is 0 Å². The molecule has 1 rings (SSSR count). The zero-order valence-electron chi connectivity index (χ0n) is 9.84. The van der Waals surface area contributed by atoms with E-state index in [0.717, 1.165) is 31.3 Å². The van der Waals surface area contributed by atoms with Crippen molar-refractivity contribution in [1.82, 2.24) is 4.90 Å². The molecule has 0 aromatic carbocycles. The summed E-state index contributed by atoms with van der Waals surface area (Å²) in [6, 6.07) is 0. The van der Waals surface area contributed by atoms with Gasteiger partial charge in [0.1, 0.15) is 0 Å². The number of amides is 1. The molecule has 1 atom stereocenters. The summed E-state index contributed by atoms with van der Waals surface area (Å²) in [6.45, 7) is 6.15. The van der Waals surface area contributed by atoms with Crippen LogP contribution in [0, 0.1) is 11.8 Å². The van der Waals surface area contributed by atoms with E-state index in [0.29, 0.717) is 11.8 Å². The quantitative estimate of drug-likeness (QED) is 0.723. The molecule has 1 fully saturated rings. The molecule has 2 nitrogen and oxygen atoms in total. The second-order valence-corrected chi connectivity index (χ2v) is 5.11. The summed E-state index contributed by atoms with van der Waals surface area (Å²) in [5.74, 6) is 1.29. The molecule has 0 spiro atoms. The Morgan fingerprint density at radius 1 is 1.47 bits per heavy atom. The van der Waals surface area contributed by atoms with E-state index in [-0.39, 0.29) is 5.92 Å². The molecule has 0 aliphatic carbocycles. The van der Waals surface area contributed by atoms with Crippen LogP contribution in [0.1, 0.15) is 39.5 Å². The molecule has 0 aromatic rings. The van der Waals surface area contributed by atoms with Gasteiger partial charge < -0.3 is 4.90 Å². The highest BCUT2D eigenvalue weighted by atomic mass is 79.9.